The van der Waals surface area contributed by atoms with E-state index in [0.717, 1.165) is 36.5 Å². The summed E-state index contributed by atoms with van der Waals surface area (Å²) in [4.78, 5) is 16.3. The zero-order valence-corrected chi connectivity index (χ0v) is 14.9. The molecule has 0 unspecified atom stereocenters. The van der Waals surface area contributed by atoms with Gasteiger partial charge in [-0.05, 0) is 36.2 Å². The van der Waals surface area contributed by atoms with Crippen LogP contribution in [0.5, 0.6) is 0 Å². The van der Waals surface area contributed by atoms with Crippen molar-refractivity contribution in [3.05, 3.63) is 65.7 Å². The van der Waals surface area contributed by atoms with Crippen LogP contribution < -0.4 is 10.2 Å². The van der Waals surface area contributed by atoms with E-state index in [2.05, 4.69) is 22.3 Å². The highest BCUT2D eigenvalue weighted by molar-refractivity contribution is 5.74. The van der Waals surface area contributed by atoms with E-state index in [1.54, 1.807) is 4.90 Å². The molecule has 4 nitrogen and oxygen atoms in total. The lowest BCUT2D eigenvalue weighted by Gasteiger charge is -2.36. The normalized spacial score (nSPS) is 14.9. The van der Waals surface area contributed by atoms with Crippen LogP contribution in [0.25, 0.3) is 0 Å². The number of piperazine rings is 1. The molecule has 0 saturated carbocycles. The Morgan fingerprint density at radius 3 is 2.15 bits per heavy atom. The van der Waals surface area contributed by atoms with Gasteiger partial charge in [-0.15, -0.1) is 0 Å². The van der Waals surface area contributed by atoms with Crippen LogP contribution in [0.2, 0.25) is 0 Å². The molecule has 1 N–H and O–H groups in total. The second-order valence-electron chi connectivity index (χ2n) is 6.49. The summed E-state index contributed by atoms with van der Waals surface area (Å²) in [7, 11) is 0. The number of carbonyl (C=O) groups is 1. The first-order valence-electron chi connectivity index (χ1n) is 8.92. The van der Waals surface area contributed by atoms with Crippen LogP contribution in [0, 0.1) is 0 Å². The summed E-state index contributed by atoms with van der Waals surface area (Å²) in [6.45, 7) is 3.22. The minimum Gasteiger partial charge on any atom is -0.368 e. The van der Waals surface area contributed by atoms with E-state index in [1.165, 1.54) is 12.1 Å². The summed E-state index contributed by atoms with van der Waals surface area (Å²) in [5.74, 6) is 0. The smallest absolute Gasteiger partial charge is 0.368 e. The Labute approximate surface area is 156 Å². The molecule has 1 aliphatic heterocycles. The van der Waals surface area contributed by atoms with Crippen LogP contribution in [0.1, 0.15) is 11.1 Å². The van der Waals surface area contributed by atoms with Gasteiger partial charge in [0.25, 0.3) is 0 Å². The molecule has 3 rings (SSSR count). The fourth-order valence-electron chi connectivity index (χ4n) is 3.09. The molecule has 1 fully saturated rings. The molecule has 0 radical (unpaired) electrons. The number of halogens is 3. The highest BCUT2D eigenvalue weighted by Gasteiger charge is 2.29. The van der Waals surface area contributed by atoms with Crippen molar-refractivity contribution in [2.45, 2.75) is 12.6 Å². The zero-order valence-electron chi connectivity index (χ0n) is 14.9. The topological polar surface area (TPSA) is 35.6 Å². The average molecular weight is 377 g/mol. The first kappa shape index (κ1) is 19.1. The quantitative estimate of drug-likeness (QED) is 0.880. The predicted molar refractivity (Wildman–Crippen MR) is 98.8 cm³/mol. The molecular formula is C20H22F3N3O. The van der Waals surface area contributed by atoms with Crippen molar-refractivity contribution >= 4 is 11.7 Å². The monoisotopic (exact) mass is 377 g/mol. The van der Waals surface area contributed by atoms with Gasteiger partial charge >= 0.3 is 12.2 Å². The van der Waals surface area contributed by atoms with Crippen LogP contribution in [0.4, 0.5) is 23.7 Å². The summed E-state index contributed by atoms with van der Waals surface area (Å²) in [6, 6.07) is 15.0. The molecule has 0 aromatic heterocycles. The fraction of sp³-hybridized carbons (Fsp3) is 0.350. The van der Waals surface area contributed by atoms with Crippen molar-refractivity contribution < 1.29 is 18.0 Å². The molecule has 1 heterocycles. The lowest BCUT2D eigenvalue weighted by Crippen LogP contribution is -2.52. The number of carbonyl (C=O) groups excluding carboxylic acids is 1. The number of rotatable bonds is 4. The molecule has 0 atom stereocenters. The fourth-order valence-corrected chi connectivity index (χ4v) is 3.09. The van der Waals surface area contributed by atoms with Crippen molar-refractivity contribution in [3.63, 3.8) is 0 Å². The largest absolute Gasteiger partial charge is 0.416 e. The van der Waals surface area contributed by atoms with Gasteiger partial charge in [-0.25, -0.2) is 4.79 Å². The Bertz CT molecular complexity index is 739. The predicted octanol–water partition coefficient (Wildman–Crippen LogP) is 3.78. The maximum atomic E-state index is 12.6. The van der Waals surface area contributed by atoms with Gasteiger partial charge in [-0.3, -0.25) is 0 Å². The van der Waals surface area contributed by atoms with Gasteiger partial charge in [0.1, 0.15) is 0 Å². The lowest BCUT2D eigenvalue weighted by atomic mass is 10.1. The molecule has 0 aliphatic carbocycles. The molecule has 144 valence electrons. The first-order valence-corrected chi connectivity index (χ1v) is 8.92. The Hall–Kier alpha value is -2.70. The van der Waals surface area contributed by atoms with Gasteiger partial charge in [-0.2, -0.15) is 13.2 Å². The van der Waals surface area contributed by atoms with Crippen LogP contribution in [0.3, 0.4) is 0 Å². The molecule has 2 aromatic carbocycles. The van der Waals surface area contributed by atoms with E-state index >= 15 is 0 Å². The maximum absolute atomic E-state index is 12.6. The number of benzene rings is 2. The van der Waals surface area contributed by atoms with Gasteiger partial charge < -0.3 is 15.1 Å². The van der Waals surface area contributed by atoms with Gasteiger partial charge in [0.05, 0.1) is 5.56 Å². The minimum atomic E-state index is -4.32. The van der Waals surface area contributed by atoms with Crippen molar-refractivity contribution in [1.82, 2.24) is 10.2 Å². The Balaban J connectivity index is 1.41. The van der Waals surface area contributed by atoms with Gasteiger partial charge in [-0.1, -0.05) is 30.3 Å². The van der Waals surface area contributed by atoms with Gasteiger partial charge in [0.15, 0.2) is 0 Å². The van der Waals surface area contributed by atoms with E-state index in [9.17, 15) is 18.0 Å². The Morgan fingerprint density at radius 1 is 0.926 bits per heavy atom. The van der Waals surface area contributed by atoms with E-state index in [-0.39, 0.29) is 6.03 Å². The van der Waals surface area contributed by atoms with Gasteiger partial charge in [0.2, 0.25) is 0 Å². The third-order valence-corrected chi connectivity index (χ3v) is 4.66. The summed E-state index contributed by atoms with van der Waals surface area (Å²) >= 11 is 0. The molecule has 27 heavy (non-hydrogen) atoms. The molecule has 1 saturated heterocycles. The van der Waals surface area contributed by atoms with Crippen molar-refractivity contribution in [2.75, 3.05) is 37.6 Å². The third-order valence-electron chi connectivity index (χ3n) is 4.66. The third kappa shape index (κ3) is 5.15. The summed E-state index contributed by atoms with van der Waals surface area (Å²) < 4.78 is 37.7. The van der Waals surface area contributed by atoms with Crippen molar-refractivity contribution in [1.29, 1.82) is 0 Å². The number of hydrogen-bond acceptors (Lipinski definition) is 2. The van der Waals surface area contributed by atoms with Crippen LogP contribution in [-0.4, -0.2) is 43.7 Å². The number of para-hydroxylation sites is 1. The molecule has 0 spiro atoms. The molecule has 2 aromatic rings. The highest BCUT2D eigenvalue weighted by atomic mass is 19.4. The van der Waals surface area contributed by atoms with Crippen molar-refractivity contribution in [3.8, 4) is 0 Å². The standard InChI is InChI=1S/C20H22F3N3O/c21-20(22,23)17-8-6-16(7-9-17)10-11-24-19(27)26-14-12-25(13-15-26)18-4-2-1-3-5-18/h1-9H,10-15H2,(H,24,27). The number of alkyl halides is 3. The summed E-state index contributed by atoms with van der Waals surface area (Å²) in [5, 5.41) is 2.85. The van der Waals surface area contributed by atoms with Crippen LogP contribution in [-0.2, 0) is 12.6 Å². The Morgan fingerprint density at radius 2 is 1.56 bits per heavy atom. The number of hydrogen-bond donors (Lipinski definition) is 1. The number of nitrogens with one attached hydrogen (secondary N) is 1. The van der Waals surface area contributed by atoms with Crippen molar-refractivity contribution in [2.24, 2.45) is 0 Å². The van der Waals surface area contributed by atoms with Gasteiger partial charge in [0, 0.05) is 38.4 Å². The number of anilines is 1. The molecule has 0 bridgehead atoms. The number of amides is 2. The summed E-state index contributed by atoms with van der Waals surface area (Å²) in [6.07, 6.45) is -3.83. The van der Waals surface area contributed by atoms with Crippen LogP contribution >= 0.6 is 0 Å². The SMILES string of the molecule is O=C(NCCc1ccc(C(F)(F)F)cc1)N1CCN(c2ccccc2)CC1. The second-order valence-corrected chi connectivity index (χ2v) is 6.49. The molecule has 2 amide bonds. The zero-order chi connectivity index (χ0) is 19.3. The van der Waals surface area contributed by atoms with E-state index < -0.39 is 11.7 Å². The maximum Gasteiger partial charge on any atom is 0.416 e. The van der Waals surface area contributed by atoms with Crippen LogP contribution in [0.15, 0.2) is 54.6 Å². The minimum absolute atomic E-state index is 0.130. The second kappa shape index (κ2) is 8.33. The lowest BCUT2D eigenvalue weighted by molar-refractivity contribution is -0.137. The number of nitrogens with zero attached hydrogens (tertiary/aromatic N) is 2. The Kier molecular flexibility index (Phi) is 5.88. The molecular weight excluding hydrogens is 355 g/mol. The van der Waals surface area contributed by atoms with E-state index in [4.69, 9.17) is 0 Å². The summed E-state index contributed by atoms with van der Waals surface area (Å²) in [5.41, 5.74) is 1.25. The molecule has 7 heteroatoms. The molecule has 1 aliphatic rings. The highest BCUT2D eigenvalue weighted by Crippen LogP contribution is 2.29. The van der Waals surface area contributed by atoms with E-state index in [0.29, 0.717) is 26.1 Å². The number of urea groups is 1. The first-order chi connectivity index (χ1) is 12.9. The average Bonchev–Trinajstić information content (AvgIpc) is 2.68. The van der Waals surface area contributed by atoms with E-state index in [1.807, 2.05) is 18.2 Å².